The van der Waals surface area contributed by atoms with Gasteiger partial charge >= 0.3 is 0 Å². The highest BCUT2D eigenvalue weighted by Gasteiger charge is 1.97. The van der Waals surface area contributed by atoms with Gasteiger partial charge in [-0.25, -0.2) is 0 Å². The third kappa shape index (κ3) is 2.38. The Hall–Kier alpha value is -1.31. The van der Waals surface area contributed by atoms with E-state index < -0.39 is 0 Å². The van der Waals surface area contributed by atoms with Crippen LogP contribution in [0.5, 0.6) is 0 Å². The van der Waals surface area contributed by atoms with Gasteiger partial charge in [-0.05, 0) is 24.6 Å². The van der Waals surface area contributed by atoms with Gasteiger partial charge in [-0.3, -0.25) is 4.79 Å². The molecule has 1 aromatic rings. The Morgan fingerprint density at radius 3 is 2.92 bits per heavy atom. The Morgan fingerprint density at radius 2 is 2.33 bits per heavy atom. The maximum Gasteiger partial charge on any atom is 0.134 e. The van der Waals surface area contributed by atoms with Crippen molar-refractivity contribution in [3.8, 4) is 0 Å². The highest BCUT2D eigenvalue weighted by Crippen LogP contribution is 2.10. The van der Waals surface area contributed by atoms with E-state index in [1.807, 2.05) is 31.3 Å². The molecule has 0 aliphatic heterocycles. The second kappa shape index (κ2) is 3.90. The van der Waals surface area contributed by atoms with Crippen molar-refractivity contribution in [1.29, 1.82) is 0 Å². The molecule has 2 nitrogen and oxygen atoms in total. The van der Waals surface area contributed by atoms with E-state index in [2.05, 4.69) is 5.32 Å². The van der Waals surface area contributed by atoms with Crippen LogP contribution in [0.2, 0.25) is 0 Å². The first-order valence-corrected chi connectivity index (χ1v) is 3.98. The standard InChI is InChI=1S/C10H13NO.H2/c1-8(12)6-9-4-3-5-10(7-9)11-2;/h3-5,7,11H,6H2,1-2H3;1H. The summed E-state index contributed by atoms with van der Waals surface area (Å²) in [4.78, 5) is 10.8. The van der Waals surface area contributed by atoms with Crippen molar-refractivity contribution in [2.45, 2.75) is 13.3 Å². The summed E-state index contributed by atoms with van der Waals surface area (Å²) in [6.45, 7) is 1.60. The summed E-state index contributed by atoms with van der Waals surface area (Å²) in [5, 5.41) is 3.03. The number of Topliss-reactive ketones (excluding diaryl/α,β-unsaturated/α-hetero) is 1. The molecule has 0 saturated carbocycles. The molecule has 0 heterocycles. The van der Waals surface area contributed by atoms with Crippen LogP contribution in [0, 0.1) is 0 Å². The number of carbonyl (C=O) groups is 1. The van der Waals surface area contributed by atoms with E-state index in [1.54, 1.807) is 6.92 Å². The van der Waals surface area contributed by atoms with E-state index in [0.717, 1.165) is 11.3 Å². The van der Waals surface area contributed by atoms with Gasteiger partial charge in [-0.1, -0.05) is 12.1 Å². The molecule has 0 aromatic heterocycles. The van der Waals surface area contributed by atoms with Crippen LogP contribution in [0.25, 0.3) is 0 Å². The summed E-state index contributed by atoms with van der Waals surface area (Å²) >= 11 is 0. The molecule has 0 aliphatic rings. The van der Waals surface area contributed by atoms with Crippen LogP contribution in [0.15, 0.2) is 24.3 Å². The van der Waals surface area contributed by atoms with Crippen LogP contribution in [0.3, 0.4) is 0 Å². The molecule has 0 unspecified atom stereocenters. The lowest BCUT2D eigenvalue weighted by atomic mass is 10.1. The van der Waals surface area contributed by atoms with Gasteiger partial charge in [-0.2, -0.15) is 0 Å². The third-order valence-corrected chi connectivity index (χ3v) is 1.67. The van der Waals surface area contributed by atoms with Gasteiger partial charge in [0.15, 0.2) is 0 Å². The summed E-state index contributed by atoms with van der Waals surface area (Å²) in [6, 6.07) is 7.87. The zero-order valence-electron chi connectivity index (χ0n) is 7.42. The molecular formula is C10H15NO. The number of benzene rings is 1. The zero-order valence-corrected chi connectivity index (χ0v) is 7.42. The van der Waals surface area contributed by atoms with E-state index in [0.29, 0.717) is 6.42 Å². The van der Waals surface area contributed by atoms with Gasteiger partial charge in [0, 0.05) is 20.6 Å². The predicted octanol–water partition coefficient (Wildman–Crippen LogP) is 2.11. The highest BCUT2D eigenvalue weighted by molar-refractivity contribution is 5.78. The van der Waals surface area contributed by atoms with Crippen molar-refractivity contribution >= 4 is 11.5 Å². The minimum absolute atomic E-state index is 0. The Labute approximate surface area is 74.1 Å². The normalized spacial score (nSPS) is 9.50. The molecule has 0 bridgehead atoms. The fourth-order valence-electron chi connectivity index (χ4n) is 1.12. The van der Waals surface area contributed by atoms with Gasteiger partial charge in [0.2, 0.25) is 0 Å². The van der Waals surface area contributed by atoms with Crippen molar-refractivity contribution in [2.24, 2.45) is 0 Å². The summed E-state index contributed by atoms with van der Waals surface area (Å²) in [6.07, 6.45) is 0.523. The predicted molar refractivity (Wildman–Crippen MR) is 52.5 cm³/mol. The summed E-state index contributed by atoms with van der Waals surface area (Å²) in [7, 11) is 1.87. The highest BCUT2D eigenvalue weighted by atomic mass is 16.1. The first kappa shape index (κ1) is 8.78. The number of anilines is 1. The molecule has 0 spiro atoms. The lowest BCUT2D eigenvalue weighted by molar-refractivity contribution is -0.116. The van der Waals surface area contributed by atoms with Crippen molar-refractivity contribution < 1.29 is 6.22 Å². The molecule has 0 atom stereocenters. The number of ketones is 1. The largest absolute Gasteiger partial charge is 0.388 e. The SMILES string of the molecule is CNc1cccc(CC(C)=O)c1.[HH]. The Balaban J connectivity index is 0.00000144. The smallest absolute Gasteiger partial charge is 0.134 e. The van der Waals surface area contributed by atoms with Crippen LogP contribution < -0.4 is 5.32 Å². The number of hydrogen-bond donors (Lipinski definition) is 1. The van der Waals surface area contributed by atoms with Gasteiger partial charge < -0.3 is 5.32 Å². The average molecular weight is 165 g/mol. The van der Waals surface area contributed by atoms with Crippen molar-refractivity contribution in [3.63, 3.8) is 0 Å². The number of hydrogen-bond acceptors (Lipinski definition) is 2. The monoisotopic (exact) mass is 165 g/mol. The molecule has 1 aromatic carbocycles. The first-order chi connectivity index (χ1) is 5.72. The van der Waals surface area contributed by atoms with Gasteiger partial charge in [0.05, 0.1) is 0 Å². The average Bonchev–Trinajstić information content (AvgIpc) is 2.03. The molecule has 2 heteroatoms. The third-order valence-electron chi connectivity index (χ3n) is 1.67. The quantitative estimate of drug-likeness (QED) is 0.743. The lowest BCUT2D eigenvalue weighted by Gasteiger charge is -2.02. The van der Waals surface area contributed by atoms with Crippen LogP contribution in [-0.2, 0) is 11.2 Å². The van der Waals surface area contributed by atoms with E-state index in [1.165, 1.54) is 0 Å². The Bertz CT molecular complexity index is 286. The molecule has 0 fully saturated rings. The van der Waals surface area contributed by atoms with E-state index in [9.17, 15) is 4.79 Å². The lowest BCUT2D eigenvalue weighted by Crippen LogP contribution is -1.97. The van der Waals surface area contributed by atoms with Crippen molar-refractivity contribution in [3.05, 3.63) is 29.8 Å². The number of nitrogens with one attached hydrogen (secondary N) is 1. The van der Waals surface area contributed by atoms with E-state index in [4.69, 9.17) is 0 Å². The Morgan fingerprint density at radius 1 is 1.58 bits per heavy atom. The van der Waals surface area contributed by atoms with Crippen molar-refractivity contribution in [2.75, 3.05) is 12.4 Å². The molecule has 1 N–H and O–H groups in total. The summed E-state index contributed by atoms with van der Waals surface area (Å²) < 4.78 is 0. The number of carbonyl (C=O) groups excluding carboxylic acids is 1. The molecule has 12 heavy (non-hydrogen) atoms. The molecule has 66 valence electrons. The molecule has 0 amide bonds. The number of rotatable bonds is 3. The minimum atomic E-state index is 0. The van der Waals surface area contributed by atoms with Crippen LogP contribution in [0.4, 0.5) is 5.69 Å². The van der Waals surface area contributed by atoms with Crippen molar-refractivity contribution in [1.82, 2.24) is 0 Å². The van der Waals surface area contributed by atoms with E-state index >= 15 is 0 Å². The van der Waals surface area contributed by atoms with Crippen LogP contribution in [0.1, 0.15) is 13.9 Å². The molecule has 0 radical (unpaired) electrons. The molecule has 0 aliphatic carbocycles. The van der Waals surface area contributed by atoms with Gasteiger partial charge in [0.25, 0.3) is 0 Å². The van der Waals surface area contributed by atoms with Gasteiger partial charge in [-0.15, -0.1) is 0 Å². The topological polar surface area (TPSA) is 29.1 Å². The molecule has 1 rings (SSSR count). The van der Waals surface area contributed by atoms with Crippen LogP contribution >= 0.6 is 0 Å². The molecular weight excluding hydrogens is 150 g/mol. The van der Waals surface area contributed by atoms with E-state index in [-0.39, 0.29) is 7.21 Å². The maximum absolute atomic E-state index is 10.8. The van der Waals surface area contributed by atoms with Crippen LogP contribution in [-0.4, -0.2) is 12.8 Å². The first-order valence-electron chi connectivity index (χ1n) is 3.98. The van der Waals surface area contributed by atoms with Gasteiger partial charge in [0.1, 0.15) is 5.78 Å². The second-order valence-corrected chi connectivity index (χ2v) is 2.83. The summed E-state index contributed by atoms with van der Waals surface area (Å²) in [5.41, 5.74) is 2.11. The second-order valence-electron chi connectivity index (χ2n) is 2.83. The Kier molecular flexibility index (Phi) is 2.86. The fourth-order valence-corrected chi connectivity index (χ4v) is 1.12. The zero-order chi connectivity index (χ0) is 8.97. The molecule has 0 saturated heterocycles. The summed E-state index contributed by atoms with van der Waals surface area (Å²) in [5.74, 6) is 0.197. The maximum atomic E-state index is 10.8. The fraction of sp³-hybridized carbons (Fsp3) is 0.300. The minimum Gasteiger partial charge on any atom is -0.388 e.